The van der Waals surface area contributed by atoms with Gasteiger partial charge in [-0.25, -0.2) is 4.98 Å². The highest BCUT2D eigenvalue weighted by molar-refractivity contribution is 7.13. The van der Waals surface area contributed by atoms with E-state index in [0.717, 1.165) is 17.7 Å². The Hall–Kier alpha value is -2.48. The van der Waals surface area contributed by atoms with Crippen LogP contribution in [-0.2, 0) is 16.0 Å². The summed E-state index contributed by atoms with van der Waals surface area (Å²) in [7, 11) is 0. The highest BCUT2D eigenvalue weighted by Gasteiger charge is 2.22. The number of thiazole rings is 1. The molecule has 8 heteroatoms. The van der Waals surface area contributed by atoms with Crippen molar-refractivity contribution >= 4 is 28.8 Å². The number of nitrogen functional groups attached to an aromatic ring is 1. The lowest BCUT2D eigenvalue weighted by molar-refractivity contribution is -0.123. The molecule has 2 heterocycles. The molecule has 142 valence electrons. The van der Waals surface area contributed by atoms with Crippen LogP contribution in [0.25, 0.3) is 0 Å². The third-order valence-corrected chi connectivity index (χ3v) is 4.14. The van der Waals surface area contributed by atoms with Gasteiger partial charge in [0, 0.05) is 24.2 Å². The number of anilines is 1. The number of carbonyl (C=O) groups is 2. The zero-order valence-corrected chi connectivity index (χ0v) is 16.1. The van der Waals surface area contributed by atoms with Gasteiger partial charge in [-0.05, 0) is 29.9 Å². The average Bonchev–Trinajstić information content (AvgIpc) is 2.98. The molecule has 0 aromatic carbocycles. The molecule has 4 N–H and O–H groups in total. The smallest absolute Gasteiger partial charge is 0.290 e. The van der Waals surface area contributed by atoms with Crippen molar-refractivity contribution in [3.05, 3.63) is 41.2 Å². The molecular formula is C18H26N4O3S. The number of aromatic nitrogens is 2. The van der Waals surface area contributed by atoms with E-state index in [9.17, 15) is 4.79 Å². The minimum Gasteiger partial charge on any atom is -0.483 e. The molecule has 0 saturated heterocycles. The molecule has 0 radical (unpaired) electrons. The number of carbonyl (C=O) groups excluding carboxylic acids is 1. The van der Waals surface area contributed by atoms with Crippen LogP contribution in [-0.4, -0.2) is 27.5 Å². The molecule has 1 unspecified atom stereocenters. The first kappa shape index (κ1) is 21.6. The van der Waals surface area contributed by atoms with E-state index in [1.54, 1.807) is 6.20 Å². The average molecular weight is 378 g/mol. The monoisotopic (exact) mass is 378 g/mol. The first-order valence-corrected chi connectivity index (χ1v) is 9.10. The quantitative estimate of drug-likeness (QED) is 0.665. The van der Waals surface area contributed by atoms with Crippen LogP contribution in [0.4, 0.5) is 5.13 Å². The van der Waals surface area contributed by atoms with Crippen molar-refractivity contribution in [2.45, 2.75) is 46.1 Å². The van der Waals surface area contributed by atoms with E-state index in [4.69, 9.17) is 15.6 Å². The molecule has 1 amide bonds. The van der Waals surface area contributed by atoms with Crippen molar-refractivity contribution in [1.82, 2.24) is 15.3 Å². The van der Waals surface area contributed by atoms with Gasteiger partial charge in [0.25, 0.3) is 6.47 Å². The fourth-order valence-electron chi connectivity index (χ4n) is 2.39. The van der Waals surface area contributed by atoms with E-state index in [1.807, 2.05) is 23.7 Å². The lowest BCUT2D eigenvalue weighted by Crippen LogP contribution is -2.31. The summed E-state index contributed by atoms with van der Waals surface area (Å²) in [6.45, 7) is 6.25. The lowest BCUT2D eigenvalue weighted by Gasteiger charge is -2.27. The summed E-state index contributed by atoms with van der Waals surface area (Å²) in [5, 5.41) is 12.5. The van der Waals surface area contributed by atoms with Gasteiger partial charge in [-0.2, -0.15) is 0 Å². The second kappa shape index (κ2) is 10.5. The highest BCUT2D eigenvalue weighted by atomic mass is 32.1. The van der Waals surface area contributed by atoms with E-state index in [2.05, 4.69) is 36.1 Å². The van der Waals surface area contributed by atoms with Gasteiger partial charge in [0.05, 0.1) is 11.7 Å². The molecule has 0 aliphatic heterocycles. The summed E-state index contributed by atoms with van der Waals surface area (Å²) in [6.07, 6.45) is 5.43. The maximum Gasteiger partial charge on any atom is 0.290 e. The van der Waals surface area contributed by atoms with Crippen LogP contribution in [0.1, 0.15) is 50.9 Å². The van der Waals surface area contributed by atoms with Crippen molar-refractivity contribution in [3.63, 3.8) is 0 Å². The maximum absolute atomic E-state index is 12.3. The number of hydrogen-bond donors (Lipinski definition) is 3. The third kappa shape index (κ3) is 8.57. The lowest BCUT2D eigenvalue weighted by atomic mass is 9.85. The fourth-order valence-corrected chi connectivity index (χ4v) is 2.99. The Kier molecular flexibility index (Phi) is 8.71. The number of nitrogens with one attached hydrogen (secondary N) is 1. The number of pyridine rings is 1. The topological polar surface area (TPSA) is 118 Å². The Balaban J connectivity index is 0.00000105. The van der Waals surface area contributed by atoms with E-state index < -0.39 is 0 Å². The molecule has 2 aromatic rings. The van der Waals surface area contributed by atoms with Crippen LogP contribution in [0.2, 0.25) is 0 Å². The maximum atomic E-state index is 12.3. The second-order valence-corrected chi connectivity index (χ2v) is 7.84. The van der Waals surface area contributed by atoms with E-state index >= 15 is 0 Å². The highest BCUT2D eigenvalue weighted by Crippen LogP contribution is 2.29. The first-order valence-electron chi connectivity index (χ1n) is 8.22. The Morgan fingerprint density at radius 3 is 2.65 bits per heavy atom. The molecule has 7 nitrogen and oxygen atoms in total. The van der Waals surface area contributed by atoms with E-state index in [1.165, 1.54) is 11.3 Å². The molecule has 0 saturated carbocycles. The number of rotatable bonds is 6. The minimum atomic E-state index is -0.250. The zero-order valence-electron chi connectivity index (χ0n) is 15.3. The molecule has 1 atom stereocenters. The minimum absolute atomic E-state index is 0.0228. The van der Waals surface area contributed by atoms with Crippen molar-refractivity contribution < 1.29 is 14.7 Å². The van der Waals surface area contributed by atoms with Crippen molar-refractivity contribution in [2.75, 3.05) is 5.73 Å². The van der Waals surface area contributed by atoms with Crippen LogP contribution < -0.4 is 11.1 Å². The van der Waals surface area contributed by atoms with Gasteiger partial charge in [0.15, 0.2) is 5.13 Å². The molecule has 0 fully saturated rings. The summed E-state index contributed by atoms with van der Waals surface area (Å²) in [5.41, 5.74) is 7.63. The summed E-state index contributed by atoms with van der Waals surface area (Å²) in [6, 6.07) is 3.87. The Bertz CT molecular complexity index is 683. The van der Waals surface area contributed by atoms with Crippen LogP contribution in [0.5, 0.6) is 0 Å². The van der Waals surface area contributed by atoms with Gasteiger partial charge < -0.3 is 16.2 Å². The van der Waals surface area contributed by atoms with Gasteiger partial charge >= 0.3 is 0 Å². The van der Waals surface area contributed by atoms with E-state index in [-0.39, 0.29) is 23.8 Å². The summed E-state index contributed by atoms with van der Waals surface area (Å²) in [4.78, 5) is 29.0. The van der Waals surface area contributed by atoms with Crippen LogP contribution in [0.15, 0.2) is 29.9 Å². The molecule has 2 aromatic heterocycles. The zero-order chi connectivity index (χ0) is 19.6. The van der Waals surface area contributed by atoms with Gasteiger partial charge in [0.2, 0.25) is 5.91 Å². The SMILES string of the molecule is CC(C)(C)CC(NC(=O)CCc1csc(N)n1)c1cccnc1.O=CO. The Morgan fingerprint density at radius 2 is 2.15 bits per heavy atom. The molecule has 0 spiro atoms. The fraction of sp³-hybridized carbons (Fsp3) is 0.444. The van der Waals surface area contributed by atoms with Gasteiger partial charge in [-0.3, -0.25) is 14.6 Å². The summed E-state index contributed by atoms with van der Waals surface area (Å²) >= 11 is 1.40. The largest absolute Gasteiger partial charge is 0.483 e. The van der Waals surface area contributed by atoms with Crippen molar-refractivity contribution in [3.8, 4) is 0 Å². The van der Waals surface area contributed by atoms with E-state index in [0.29, 0.717) is 18.0 Å². The van der Waals surface area contributed by atoms with Gasteiger partial charge in [0.1, 0.15) is 0 Å². The molecule has 0 aliphatic rings. The molecule has 0 aliphatic carbocycles. The van der Waals surface area contributed by atoms with Gasteiger partial charge in [-0.1, -0.05) is 26.8 Å². The Morgan fingerprint density at radius 1 is 1.46 bits per heavy atom. The number of nitrogens with zero attached hydrogens (tertiary/aromatic N) is 2. The van der Waals surface area contributed by atoms with Crippen LogP contribution in [0, 0.1) is 5.41 Å². The van der Waals surface area contributed by atoms with Gasteiger partial charge in [-0.15, -0.1) is 11.3 Å². The number of hydrogen-bond acceptors (Lipinski definition) is 6. The van der Waals surface area contributed by atoms with Crippen molar-refractivity contribution in [1.29, 1.82) is 0 Å². The second-order valence-electron chi connectivity index (χ2n) is 6.95. The number of nitrogens with two attached hydrogens (primary N) is 1. The van der Waals surface area contributed by atoms with Crippen LogP contribution >= 0.6 is 11.3 Å². The number of carboxylic acid groups (broad SMARTS) is 1. The molecular weight excluding hydrogens is 352 g/mol. The third-order valence-electron chi connectivity index (χ3n) is 3.42. The normalized spacial score (nSPS) is 11.8. The summed E-state index contributed by atoms with van der Waals surface area (Å²) < 4.78 is 0. The molecule has 0 bridgehead atoms. The standard InChI is InChI=1S/C17H24N4OS.CH2O2/c1-17(2,3)9-14(12-5-4-8-19-10-12)21-15(22)7-6-13-11-23-16(18)20-13;2-1-3/h4-5,8,10-11,14H,6-7,9H2,1-3H3,(H2,18,20)(H,21,22);1H,(H,2,3). The molecule has 2 rings (SSSR count). The first-order chi connectivity index (χ1) is 12.2. The number of aryl methyl sites for hydroxylation is 1. The predicted octanol–water partition coefficient (Wildman–Crippen LogP) is 3.05. The summed E-state index contributed by atoms with van der Waals surface area (Å²) in [5.74, 6) is 0.0228. The number of amides is 1. The predicted molar refractivity (Wildman–Crippen MR) is 103 cm³/mol. The van der Waals surface area contributed by atoms with Crippen LogP contribution in [0.3, 0.4) is 0 Å². The molecule has 26 heavy (non-hydrogen) atoms. The van der Waals surface area contributed by atoms with Crippen molar-refractivity contribution in [2.24, 2.45) is 5.41 Å². The Labute approximate surface area is 157 Å².